The van der Waals surface area contributed by atoms with Crippen molar-refractivity contribution in [2.24, 2.45) is 0 Å². The minimum absolute atomic E-state index is 0.493. The van der Waals surface area contributed by atoms with E-state index in [1.54, 1.807) is 45.2 Å². The zero-order valence-electron chi connectivity index (χ0n) is 14.8. The molecule has 144 valence electrons. The summed E-state index contributed by atoms with van der Waals surface area (Å²) in [7, 11) is 1.56. The third-order valence-corrected chi connectivity index (χ3v) is 4.30. The molecule has 0 radical (unpaired) electrons. The molecular weight excluding hydrogens is 344 g/mol. The van der Waals surface area contributed by atoms with Gasteiger partial charge in [-0.25, -0.2) is 4.79 Å². The molecule has 0 aromatic heterocycles. The van der Waals surface area contributed by atoms with Gasteiger partial charge >= 0.3 is 6.03 Å². The van der Waals surface area contributed by atoms with Crippen molar-refractivity contribution in [1.29, 1.82) is 0 Å². The van der Waals surface area contributed by atoms with Crippen molar-refractivity contribution < 1.29 is 34.0 Å². The maximum Gasteiger partial charge on any atom is 0.319 e. The molecule has 2 aliphatic heterocycles. The third kappa shape index (κ3) is 3.92. The number of rotatable bonds is 5. The van der Waals surface area contributed by atoms with E-state index < -0.39 is 49.1 Å². The molecular formula is C17H24N2O7. The fraction of sp³-hybridized carbons (Fsp3) is 0.588. The minimum Gasteiger partial charge on any atom is -0.497 e. The predicted molar refractivity (Wildman–Crippen MR) is 90.7 cm³/mol. The molecule has 9 nitrogen and oxygen atoms in total. The van der Waals surface area contributed by atoms with Crippen LogP contribution in [0.5, 0.6) is 5.75 Å². The fourth-order valence-corrected chi connectivity index (χ4v) is 3.12. The molecule has 0 aliphatic carbocycles. The van der Waals surface area contributed by atoms with Gasteiger partial charge in [0.05, 0.1) is 19.8 Å². The van der Waals surface area contributed by atoms with Crippen LogP contribution in [0.3, 0.4) is 0 Å². The predicted octanol–water partition coefficient (Wildman–Crippen LogP) is 0.415. The van der Waals surface area contributed by atoms with Gasteiger partial charge < -0.3 is 39.8 Å². The Bertz CT molecular complexity index is 637. The molecule has 2 heterocycles. The highest BCUT2D eigenvalue weighted by Crippen LogP contribution is 2.38. The Kier molecular flexibility index (Phi) is 5.35. The van der Waals surface area contributed by atoms with Gasteiger partial charge in [0.2, 0.25) is 0 Å². The number of aliphatic hydroxyl groups is 2. The zero-order chi connectivity index (χ0) is 18.9. The number of fused-ring (bicyclic) bond motifs is 1. The van der Waals surface area contributed by atoms with Crippen LogP contribution in [0.2, 0.25) is 0 Å². The van der Waals surface area contributed by atoms with E-state index in [1.807, 2.05) is 0 Å². The third-order valence-electron chi connectivity index (χ3n) is 4.30. The first-order valence-electron chi connectivity index (χ1n) is 8.34. The second-order valence-corrected chi connectivity index (χ2v) is 6.67. The molecule has 2 aliphatic rings. The van der Waals surface area contributed by atoms with Gasteiger partial charge in [-0.15, -0.1) is 0 Å². The van der Waals surface area contributed by atoms with E-state index in [4.69, 9.17) is 18.9 Å². The molecule has 2 fully saturated rings. The van der Waals surface area contributed by atoms with E-state index in [-0.39, 0.29) is 0 Å². The van der Waals surface area contributed by atoms with Gasteiger partial charge in [0, 0.05) is 5.69 Å². The van der Waals surface area contributed by atoms with E-state index >= 15 is 0 Å². The smallest absolute Gasteiger partial charge is 0.319 e. The minimum atomic E-state index is -1.18. The number of amides is 2. The first-order chi connectivity index (χ1) is 12.3. The van der Waals surface area contributed by atoms with Crippen LogP contribution < -0.4 is 15.4 Å². The summed E-state index contributed by atoms with van der Waals surface area (Å²) in [6, 6.07) is 5.66. The number of urea groups is 1. The molecule has 4 N–H and O–H groups in total. The van der Waals surface area contributed by atoms with E-state index in [2.05, 4.69) is 10.6 Å². The number of anilines is 1. The Labute approximate surface area is 151 Å². The second kappa shape index (κ2) is 7.37. The monoisotopic (exact) mass is 368 g/mol. The largest absolute Gasteiger partial charge is 0.497 e. The molecule has 0 unspecified atom stereocenters. The number of carbonyl (C=O) groups excluding carboxylic acids is 1. The summed E-state index contributed by atoms with van der Waals surface area (Å²) < 4.78 is 22.1. The Balaban J connectivity index is 1.68. The number of ether oxygens (including phenoxy) is 4. The highest BCUT2D eigenvalue weighted by molar-refractivity contribution is 5.89. The van der Waals surface area contributed by atoms with Gasteiger partial charge in [0.25, 0.3) is 0 Å². The molecule has 0 spiro atoms. The molecule has 1 aromatic rings. The average Bonchev–Trinajstić information content (AvgIpc) is 3.07. The lowest BCUT2D eigenvalue weighted by atomic mass is 10.0. The highest BCUT2D eigenvalue weighted by Gasteiger charge is 2.56. The Morgan fingerprint density at radius 3 is 2.62 bits per heavy atom. The van der Waals surface area contributed by atoms with Crippen LogP contribution in [0.25, 0.3) is 0 Å². The fourth-order valence-electron chi connectivity index (χ4n) is 3.12. The van der Waals surface area contributed by atoms with Crippen molar-refractivity contribution in [3.8, 4) is 5.75 Å². The van der Waals surface area contributed by atoms with Gasteiger partial charge in [-0.05, 0) is 38.1 Å². The van der Waals surface area contributed by atoms with Gasteiger partial charge in [-0.2, -0.15) is 0 Å². The normalized spacial score (nSPS) is 30.5. The molecule has 26 heavy (non-hydrogen) atoms. The van der Waals surface area contributed by atoms with Crippen LogP contribution >= 0.6 is 0 Å². The van der Waals surface area contributed by atoms with Gasteiger partial charge in [0.15, 0.2) is 12.1 Å². The lowest BCUT2D eigenvalue weighted by Gasteiger charge is -2.28. The quantitative estimate of drug-likeness (QED) is 0.595. The van der Waals surface area contributed by atoms with Crippen molar-refractivity contribution in [1.82, 2.24) is 5.32 Å². The van der Waals surface area contributed by atoms with Crippen LogP contribution in [0.4, 0.5) is 10.5 Å². The molecule has 5 atom stereocenters. The maximum atomic E-state index is 12.4. The molecule has 1 aromatic carbocycles. The average molecular weight is 368 g/mol. The topological polar surface area (TPSA) is 119 Å². The zero-order valence-corrected chi connectivity index (χ0v) is 14.8. The van der Waals surface area contributed by atoms with Crippen molar-refractivity contribution in [3.05, 3.63) is 24.3 Å². The number of hydrogen-bond acceptors (Lipinski definition) is 7. The number of carbonyl (C=O) groups is 1. The lowest BCUT2D eigenvalue weighted by molar-refractivity contribution is -0.218. The van der Waals surface area contributed by atoms with Crippen LogP contribution in [-0.2, 0) is 14.2 Å². The first kappa shape index (κ1) is 18.9. The van der Waals surface area contributed by atoms with Crippen molar-refractivity contribution in [3.63, 3.8) is 0 Å². The van der Waals surface area contributed by atoms with E-state index in [1.165, 1.54) is 0 Å². The Hall–Kier alpha value is -1.91. The number of nitrogens with one attached hydrogen (secondary N) is 2. The Morgan fingerprint density at radius 1 is 1.31 bits per heavy atom. The molecule has 0 saturated carbocycles. The van der Waals surface area contributed by atoms with Gasteiger partial charge in [-0.1, -0.05) is 0 Å². The number of hydrogen-bond donors (Lipinski definition) is 4. The van der Waals surface area contributed by atoms with Crippen molar-refractivity contribution >= 4 is 11.7 Å². The van der Waals surface area contributed by atoms with E-state index in [9.17, 15) is 15.0 Å². The van der Waals surface area contributed by atoms with E-state index in [0.29, 0.717) is 11.4 Å². The standard InChI is InChI=1S/C17H24N2O7/c1-17(2)25-14-12(13(11(21)8-20)24-15(14)26-17)19-16(22)18-9-4-6-10(23-3)7-5-9/h4-7,11-15,20-21H,8H2,1-3H3,(H2,18,19,22)/t11-,12-,13-,14-,15-/m1/s1. The highest BCUT2D eigenvalue weighted by atomic mass is 16.8. The van der Waals surface area contributed by atoms with Crippen molar-refractivity contribution in [2.45, 2.75) is 50.3 Å². The summed E-state index contributed by atoms with van der Waals surface area (Å²) >= 11 is 0. The van der Waals surface area contributed by atoms with Crippen LogP contribution in [-0.4, -0.2) is 66.4 Å². The summed E-state index contributed by atoms with van der Waals surface area (Å²) in [4.78, 5) is 12.4. The summed E-state index contributed by atoms with van der Waals surface area (Å²) in [5.41, 5.74) is 0.571. The summed E-state index contributed by atoms with van der Waals surface area (Å²) in [5.74, 6) is -0.190. The lowest BCUT2D eigenvalue weighted by Crippen LogP contribution is -2.53. The molecule has 2 saturated heterocycles. The van der Waals surface area contributed by atoms with Gasteiger partial charge in [-0.3, -0.25) is 0 Å². The van der Waals surface area contributed by atoms with E-state index in [0.717, 1.165) is 0 Å². The SMILES string of the molecule is COc1ccc(NC(=O)N[C@H]2[C@H]3OC(C)(C)O[C@H]3O[C@@H]2[C@H](O)CO)cc1. The second-order valence-electron chi connectivity index (χ2n) is 6.67. The summed E-state index contributed by atoms with van der Waals surface area (Å²) in [6.07, 6.45) is -3.37. The summed E-state index contributed by atoms with van der Waals surface area (Å²) in [5, 5.41) is 24.7. The first-order valence-corrected chi connectivity index (χ1v) is 8.34. The Morgan fingerprint density at radius 2 is 2.00 bits per heavy atom. The van der Waals surface area contributed by atoms with Crippen molar-refractivity contribution in [2.75, 3.05) is 19.0 Å². The van der Waals surface area contributed by atoms with Gasteiger partial charge in [0.1, 0.15) is 24.1 Å². The summed E-state index contributed by atoms with van der Waals surface area (Å²) in [6.45, 7) is 2.97. The number of aliphatic hydroxyl groups excluding tert-OH is 2. The molecule has 3 rings (SSSR count). The van der Waals surface area contributed by atoms with Crippen LogP contribution in [0.1, 0.15) is 13.8 Å². The van der Waals surface area contributed by atoms with Crippen LogP contribution in [0, 0.1) is 0 Å². The maximum absolute atomic E-state index is 12.4. The van der Waals surface area contributed by atoms with Crippen LogP contribution in [0.15, 0.2) is 24.3 Å². The molecule has 0 bridgehead atoms. The number of methoxy groups -OCH3 is 1. The number of benzene rings is 1. The molecule has 2 amide bonds. The molecule has 9 heteroatoms.